The number of hydrogen-bond acceptors (Lipinski definition) is 4. The Labute approximate surface area is 151 Å². The predicted molar refractivity (Wildman–Crippen MR) is 97.9 cm³/mol. The highest BCUT2D eigenvalue weighted by atomic mass is 35.5. The van der Waals surface area contributed by atoms with Crippen LogP contribution in [0, 0.1) is 0 Å². The van der Waals surface area contributed by atoms with Gasteiger partial charge in [-0.25, -0.2) is 4.79 Å². The van der Waals surface area contributed by atoms with Crippen molar-refractivity contribution >= 4 is 29.2 Å². The Morgan fingerprint density at radius 3 is 2.56 bits per heavy atom. The maximum absolute atomic E-state index is 11.9. The van der Waals surface area contributed by atoms with Crippen molar-refractivity contribution in [2.45, 2.75) is 13.5 Å². The van der Waals surface area contributed by atoms with Crippen molar-refractivity contribution in [3.63, 3.8) is 0 Å². The molecule has 0 heterocycles. The second-order valence-electron chi connectivity index (χ2n) is 5.12. The lowest BCUT2D eigenvalue weighted by Crippen LogP contribution is -2.41. The lowest BCUT2D eigenvalue weighted by atomic mass is 10.2. The first-order valence-corrected chi connectivity index (χ1v) is 8.24. The number of anilines is 1. The summed E-state index contributed by atoms with van der Waals surface area (Å²) in [5.74, 6) is 0.0148. The second kappa shape index (κ2) is 9.54. The maximum atomic E-state index is 11.9. The lowest BCUT2D eigenvalue weighted by Gasteiger charge is -2.13. The number of nitrogens with one attached hydrogen (secondary N) is 3. The molecule has 0 saturated heterocycles. The van der Waals surface area contributed by atoms with Crippen molar-refractivity contribution in [3.8, 4) is 5.75 Å². The van der Waals surface area contributed by atoms with E-state index in [-0.39, 0.29) is 6.54 Å². The molecule has 2 aromatic rings. The minimum atomic E-state index is -0.549. The van der Waals surface area contributed by atoms with E-state index in [0.29, 0.717) is 29.6 Å². The van der Waals surface area contributed by atoms with Crippen molar-refractivity contribution in [1.29, 1.82) is 0 Å². The fourth-order valence-corrected chi connectivity index (χ4v) is 2.34. The van der Waals surface area contributed by atoms with Crippen LogP contribution in [0.4, 0.5) is 10.5 Å². The quantitative estimate of drug-likeness (QED) is 0.707. The number of ether oxygens (including phenoxy) is 1. The molecule has 7 heteroatoms. The van der Waals surface area contributed by atoms with Crippen molar-refractivity contribution < 1.29 is 14.3 Å². The van der Waals surface area contributed by atoms with Crippen LogP contribution in [-0.4, -0.2) is 25.1 Å². The van der Waals surface area contributed by atoms with Crippen molar-refractivity contribution in [3.05, 3.63) is 59.1 Å². The number of rotatable bonds is 7. The molecule has 6 nitrogen and oxygen atoms in total. The minimum Gasteiger partial charge on any atom is -0.490 e. The highest BCUT2D eigenvalue weighted by molar-refractivity contribution is 6.32. The normalized spacial score (nSPS) is 10.0. The first-order valence-electron chi connectivity index (χ1n) is 7.87. The fraction of sp³-hybridized carbons (Fsp3) is 0.222. The number of halogens is 1. The van der Waals surface area contributed by atoms with Crippen LogP contribution in [0.3, 0.4) is 0 Å². The van der Waals surface area contributed by atoms with E-state index in [1.807, 2.05) is 37.3 Å². The van der Waals surface area contributed by atoms with Gasteiger partial charge in [-0.2, -0.15) is 0 Å². The van der Waals surface area contributed by atoms with Crippen LogP contribution in [0.15, 0.2) is 48.5 Å². The molecule has 3 N–H and O–H groups in total. The summed E-state index contributed by atoms with van der Waals surface area (Å²) in [6.45, 7) is 2.55. The SMILES string of the molecule is CCOc1c(Cl)cccc1NCC(=O)NC(=O)NCc1ccccc1. The minimum absolute atomic E-state index is 0.0842. The highest BCUT2D eigenvalue weighted by Gasteiger charge is 2.11. The molecule has 0 aliphatic rings. The van der Waals surface area contributed by atoms with E-state index in [1.54, 1.807) is 18.2 Å². The summed E-state index contributed by atoms with van der Waals surface area (Å²) < 4.78 is 5.46. The molecule has 25 heavy (non-hydrogen) atoms. The summed E-state index contributed by atoms with van der Waals surface area (Å²) >= 11 is 6.08. The Bertz CT molecular complexity index is 723. The van der Waals surface area contributed by atoms with Gasteiger partial charge in [0.05, 0.1) is 23.9 Å². The van der Waals surface area contributed by atoms with Crippen LogP contribution in [0.1, 0.15) is 12.5 Å². The zero-order valence-corrected chi connectivity index (χ0v) is 14.6. The third-order valence-electron chi connectivity index (χ3n) is 3.24. The molecule has 0 saturated carbocycles. The van der Waals surface area contributed by atoms with Gasteiger partial charge in [0, 0.05) is 6.54 Å². The zero-order chi connectivity index (χ0) is 18.1. The Morgan fingerprint density at radius 2 is 1.84 bits per heavy atom. The van der Waals surface area contributed by atoms with Gasteiger partial charge >= 0.3 is 6.03 Å². The Balaban J connectivity index is 1.80. The molecule has 0 bridgehead atoms. The van der Waals surface area contributed by atoms with Gasteiger partial charge in [-0.05, 0) is 24.6 Å². The lowest BCUT2D eigenvalue weighted by molar-refractivity contribution is -0.118. The van der Waals surface area contributed by atoms with E-state index in [4.69, 9.17) is 16.3 Å². The number of urea groups is 1. The van der Waals surface area contributed by atoms with Crippen LogP contribution in [0.5, 0.6) is 5.75 Å². The van der Waals surface area contributed by atoms with Gasteiger partial charge in [-0.15, -0.1) is 0 Å². The van der Waals surface area contributed by atoms with Crippen LogP contribution < -0.4 is 20.7 Å². The first kappa shape index (κ1) is 18.6. The van der Waals surface area contributed by atoms with Gasteiger partial charge in [0.25, 0.3) is 0 Å². The van der Waals surface area contributed by atoms with Gasteiger partial charge in [-0.1, -0.05) is 48.0 Å². The fourth-order valence-electron chi connectivity index (χ4n) is 2.11. The van der Waals surface area contributed by atoms with E-state index < -0.39 is 11.9 Å². The highest BCUT2D eigenvalue weighted by Crippen LogP contribution is 2.32. The third kappa shape index (κ3) is 6.00. The number of para-hydroxylation sites is 1. The number of imide groups is 1. The van der Waals surface area contributed by atoms with Gasteiger partial charge < -0.3 is 15.4 Å². The van der Waals surface area contributed by atoms with Gasteiger partial charge in [0.1, 0.15) is 0 Å². The molecule has 132 valence electrons. The van der Waals surface area contributed by atoms with Crippen LogP contribution in [-0.2, 0) is 11.3 Å². The molecular weight excluding hydrogens is 342 g/mol. The Morgan fingerprint density at radius 1 is 1.08 bits per heavy atom. The topological polar surface area (TPSA) is 79.5 Å². The van der Waals surface area contributed by atoms with E-state index in [9.17, 15) is 9.59 Å². The molecule has 0 aromatic heterocycles. The molecule has 0 unspecified atom stereocenters. The number of carbonyl (C=O) groups excluding carboxylic acids is 2. The summed E-state index contributed by atoms with van der Waals surface area (Å²) in [4.78, 5) is 23.6. The summed E-state index contributed by atoms with van der Waals surface area (Å²) in [5, 5.41) is 8.25. The molecule has 2 rings (SSSR count). The average Bonchev–Trinajstić information content (AvgIpc) is 2.61. The molecule has 0 radical (unpaired) electrons. The maximum Gasteiger partial charge on any atom is 0.321 e. The molecule has 0 aliphatic carbocycles. The van der Waals surface area contributed by atoms with Crippen LogP contribution >= 0.6 is 11.6 Å². The molecule has 0 fully saturated rings. The standard InChI is InChI=1S/C18H20ClN3O3/c1-2-25-17-14(19)9-6-10-15(17)20-12-16(23)22-18(24)21-11-13-7-4-3-5-8-13/h3-10,20H,2,11-12H2,1H3,(H2,21,22,23,24). The van der Waals surface area contributed by atoms with E-state index in [0.717, 1.165) is 5.56 Å². The number of hydrogen-bond donors (Lipinski definition) is 3. The molecule has 3 amide bonds. The largest absolute Gasteiger partial charge is 0.490 e. The van der Waals surface area contributed by atoms with Gasteiger partial charge in [-0.3, -0.25) is 10.1 Å². The number of carbonyl (C=O) groups is 2. The summed E-state index contributed by atoms with van der Waals surface area (Å²) in [6, 6.07) is 14.1. The number of benzene rings is 2. The van der Waals surface area contributed by atoms with Crippen LogP contribution in [0.25, 0.3) is 0 Å². The van der Waals surface area contributed by atoms with Crippen molar-refractivity contribution in [1.82, 2.24) is 10.6 Å². The monoisotopic (exact) mass is 361 g/mol. The van der Waals surface area contributed by atoms with Crippen molar-refractivity contribution in [2.24, 2.45) is 0 Å². The molecular formula is C18H20ClN3O3. The van der Waals surface area contributed by atoms with E-state index in [1.165, 1.54) is 0 Å². The van der Waals surface area contributed by atoms with Gasteiger partial charge in [0.2, 0.25) is 5.91 Å². The summed E-state index contributed by atoms with van der Waals surface area (Å²) in [5.41, 5.74) is 1.54. The summed E-state index contributed by atoms with van der Waals surface area (Å²) in [6.07, 6.45) is 0. The van der Waals surface area contributed by atoms with E-state index in [2.05, 4.69) is 16.0 Å². The zero-order valence-electron chi connectivity index (χ0n) is 13.8. The Hall–Kier alpha value is -2.73. The van der Waals surface area contributed by atoms with E-state index >= 15 is 0 Å². The van der Waals surface area contributed by atoms with Gasteiger partial charge in [0.15, 0.2) is 5.75 Å². The molecule has 2 aromatic carbocycles. The second-order valence-corrected chi connectivity index (χ2v) is 5.53. The first-order chi connectivity index (χ1) is 12.1. The third-order valence-corrected chi connectivity index (χ3v) is 3.54. The molecule has 0 atom stereocenters. The smallest absolute Gasteiger partial charge is 0.321 e. The molecule has 0 spiro atoms. The molecule has 0 aliphatic heterocycles. The average molecular weight is 362 g/mol. The predicted octanol–water partition coefficient (Wildman–Crippen LogP) is 3.18. The van der Waals surface area contributed by atoms with Crippen LogP contribution in [0.2, 0.25) is 5.02 Å². The Kier molecular flexibility index (Phi) is 7.10. The number of amides is 3. The summed E-state index contributed by atoms with van der Waals surface area (Å²) in [7, 11) is 0. The van der Waals surface area contributed by atoms with Crippen molar-refractivity contribution in [2.75, 3.05) is 18.5 Å².